The minimum Gasteiger partial charge on any atom is -0.480 e. The molecule has 1 aliphatic heterocycles. The lowest BCUT2D eigenvalue weighted by Crippen LogP contribution is -2.35. The van der Waals surface area contributed by atoms with E-state index in [2.05, 4.69) is 107 Å². The summed E-state index contributed by atoms with van der Waals surface area (Å²) in [6.07, 6.45) is 9.12. The zero-order chi connectivity index (χ0) is 37.2. The first-order valence-electron chi connectivity index (χ1n) is 18.2. The SMILES string of the molecule is N#CC(=Cc1ccc2c(c1)C1CCCC1N2c1ccc(C=C(c2ccccc2)c2ccccc2)cc1)C(=O)NCCCCCN(CC(=O)O)CC(=O)O. The van der Waals surface area contributed by atoms with Gasteiger partial charge in [0.05, 0.1) is 13.1 Å². The summed E-state index contributed by atoms with van der Waals surface area (Å²) in [5.41, 5.74) is 9.04. The van der Waals surface area contributed by atoms with Gasteiger partial charge in [0.15, 0.2) is 0 Å². The second kappa shape index (κ2) is 17.5. The minimum atomic E-state index is -1.08. The molecule has 1 fully saturated rings. The maximum Gasteiger partial charge on any atom is 0.317 e. The van der Waals surface area contributed by atoms with Gasteiger partial charge in [-0.05, 0) is 102 Å². The molecule has 2 unspecified atom stereocenters. The molecule has 0 saturated heterocycles. The first kappa shape index (κ1) is 36.8. The van der Waals surface area contributed by atoms with Crippen molar-refractivity contribution in [1.82, 2.24) is 10.2 Å². The number of nitrogens with one attached hydrogen (secondary N) is 1. The van der Waals surface area contributed by atoms with Crippen molar-refractivity contribution >= 4 is 46.9 Å². The maximum atomic E-state index is 12.9. The molecule has 2 atom stereocenters. The Morgan fingerprint density at radius 2 is 1.43 bits per heavy atom. The van der Waals surface area contributed by atoms with E-state index in [9.17, 15) is 19.6 Å². The van der Waals surface area contributed by atoms with E-state index in [0.29, 0.717) is 44.3 Å². The van der Waals surface area contributed by atoms with E-state index < -0.39 is 17.8 Å². The highest BCUT2D eigenvalue weighted by atomic mass is 16.4. The van der Waals surface area contributed by atoms with Gasteiger partial charge in [0, 0.05) is 29.9 Å². The van der Waals surface area contributed by atoms with E-state index >= 15 is 0 Å². The average Bonchev–Trinajstić information content (AvgIpc) is 3.76. The Hall–Kier alpha value is -5.98. The highest BCUT2D eigenvalue weighted by Crippen LogP contribution is 2.52. The highest BCUT2D eigenvalue weighted by molar-refractivity contribution is 6.01. The Morgan fingerprint density at radius 3 is 2.06 bits per heavy atom. The van der Waals surface area contributed by atoms with Gasteiger partial charge < -0.3 is 20.4 Å². The first-order chi connectivity index (χ1) is 25.8. The van der Waals surface area contributed by atoms with Gasteiger partial charge >= 0.3 is 11.9 Å². The fourth-order valence-electron chi connectivity index (χ4n) is 7.61. The molecular formula is C44H44N4O5. The molecule has 1 heterocycles. The predicted octanol–water partition coefficient (Wildman–Crippen LogP) is 7.73. The number of benzene rings is 4. The van der Waals surface area contributed by atoms with E-state index in [0.717, 1.165) is 36.1 Å². The number of carboxylic acids is 2. The van der Waals surface area contributed by atoms with Crippen molar-refractivity contribution in [3.05, 3.63) is 137 Å². The van der Waals surface area contributed by atoms with Crippen LogP contribution in [0.5, 0.6) is 0 Å². The third-order valence-electron chi connectivity index (χ3n) is 10.0. The van der Waals surface area contributed by atoms with Crippen molar-refractivity contribution in [3.8, 4) is 6.07 Å². The van der Waals surface area contributed by atoms with Crippen molar-refractivity contribution < 1.29 is 24.6 Å². The van der Waals surface area contributed by atoms with Crippen LogP contribution in [0.4, 0.5) is 11.4 Å². The van der Waals surface area contributed by atoms with Gasteiger partial charge in [0.2, 0.25) is 0 Å². The van der Waals surface area contributed by atoms with Crippen LogP contribution in [0.2, 0.25) is 0 Å². The number of carboxylic acid groups (broad SMARTS) is 2. The van der Waals surface area contributed by atoms with Crippen LogP contribution >= 0.6 is 0 Å². The van der Waals surface area contributed by atoms with Crippen LogP contribution in [0.1, 0.15) is 72.3 Å². The third kappa shape index (κ3) is 9.28. The zero-order valence-electron chi connectivity index (χ0n) is 29.7. The van der Waals surface area contributed by atoms with Crippen LogP contribution in [0.3, 0.4) is 0 Å². The van der Waals surface area contributed by atoms with Gasteiger partial charge in [-0.1, -0.05) is 91.7 Å². The quantitative estimate of drug-likeness (QED) is 0.0466. The molecule has 0 bridgehead atoms. The normalized spacial score (nSPS) is 16.1. The molecule has 1 amide bonds. The lowest BCUT2D eigenvalue weighted by Gasteiger charge is -2.27. The number of fused-ring (bicyclic) bond motifs is 3. The summed E-state index contributed by atoms with van der Waals surface area (Å²) in [5, 5.41) is 30.7. The number of hydrogen-bond acceptors (Lipinski definition) is 6. The van der Waals surface area contributed by atoms with Crippen molar-refractivity contribution in [3.63, 3.8) is 0 Å². The zero-order valence-corrected chi connectivity index (χ0v) is 29.7. The number of nitriles is 1. The largest absolute Gasteiger partial charge is 0.480 e. The number of aliphatic carboxylic acids is 2. The summed E-state index contributed by atoms with van der Waals surface area (Å²) >= 11 is 0. The van der Waals surface area contributed by atoms with E-state index in [-0.39, 0.29) is 18.7 Å². The summed E-state index contributed by atoms with van der Waals surface area (Å²) < 4.78 is 0. The summed E-state index contributed by atoms with van der Waals surface area (Å²) in [6, 6.07) is 38.3. The maximum absolute atomic E-state index is 12.9. The molecule has 53 heavy (non-hydrogen) atoms. The molecular weight excluding hydrogens is 665 g/mol. The Labute approximate surface area is 310 Å². The summed E-state index contributed by atoms with van der Waals surface area (Å²) in [5.74, 6) is -2.21. The molecule has 1 saturated carbocycles. The number of rotatable bonds is 16. The summed E-state index contributed by atoms with van der Waals surface area (Å²) in [6.45, 7) is 0.0179. The molecule has 0 radical (unpaired) electrons. The van der Waals surface area contributed by atoms with Crippen molar-refractivity contribution in [2.45, 2.75) is 50.5 Å². The lowest BCUT2D eigenvalue weighted by atomic mass is 9.95. The average molecular weight is 709 g/mol. The van der Waals surface area contributed by atoms with E-state index in [1.54, 1.807) is 6.08 Å². The van der Waals surface area contributed by atoms with Crippen LogP contribution in [-0.4, -0.2) is 65.2 Å². The van der Waals surface area contributed by atoms with E-state index in [1.807, 2.05) is 18.2 Å². The second-order valence-electron chi connectivity index (χ2n) is 13.7. The first-order valence-corrected chi connectivity index (χ1v) is 18.2. The van der Waals surface area contributed by atoms with Crippen LogP contribution in [0.15, 0.2) is 109 Å². The number of anilines is 2. The Bertz CT molecular complexity index is 1960. The van der Waals surface area contributed by atoms with Crippen LogP contribution in [0, 0.1) is 11.3 Å². The molecule has 6 rings (SSSR count). The second-order valence-corrected chi connectivity index (χ2v) is 13.7. The van der Waals surface area contributed by atoms with Crippen molar-refractivity contribution in [2.75, 3.05) is 31.1 Å². The number of amides is 1. The van der Waals surface area contributed by atoms with Gasteiger partial charge in [0.25, 0.3) is 5.91 Å². The summed E-state index contributed by atoms with van der Waals surface area (Å²) in [4.78, 5) is 38.7. The molecule has 3 N–H and O–H groups in total. The minimum absolute atomic E-state index is 0.0332. The van der Waals surface area contributed by atoms with Gasteiger partial charge in [-0.3, -0.25) is 19.3 Å². The predicted molar refractivity (Wildman–Crippen MR) is 207 cm³/mol. The standard InChI is InChI=1S/C44H44N4O5/c45-28-35(44(53)46-23-8-3-9-24-47(29-42(49)50)30-43(51)52)25-32-19-22-41-39(27-32)37-15-10-16-40(37)48(41)36-20-17-31(18-21-36)26-38(33-11-4-1-5-12-33)34-13-6-2-7-14-34/h1-2,4-7,11-14,17-22,25-27,37,40H,3,8-10,15-16,23-24,29-30H2,(H,46,53)(H,49,50)(H,51,52). The number of unbranched alkanes of at least 4 members (excludes halogenated alkanes) is 2. The van der Waals surface area contributed by atoms with Gasteiger partial charge in [-0.15, -0.1) is 0 Å². The molecule has 2 aliphatic rings. The Kier molecular flexibility index (Phi) is 12.1. The third-order valence-corrected chi connectivity index (χ3v) is 10.0. The van der Waals surface area contributed by atoms with E-state index in [4.69, 9.17) is 10.2 Å². The molecule has 0 spiro atoms. The molecule has 9 heteroatoms. The molecule has 4 aromatic carbocycles. The van der Waals surface area contributed by atoms with Crippen molar-refractivity contribution in [1.29, 1.82) is 5.26 Å². The molecule has 9 nitrogen and oxygen atoms in total. The Morgan fingerprint density at radius 1 is 0.792 bits per heavy atom. The fraction of sp³-hybridized carbons (Fsp3) is 0.273. The van der Waals surface area contributed by atoms with Crippen LogP contribution in [0.25, 0.3) is 17.7 Å². The van der Waals surface area contributed by atoms with Gasteiger partial charge in [-0.25, -0.2) is 0 Å². The molecule has 0 aromatic heterocycles. The number of carbonyl (C=O) groups is 3. The molecule has 1 aliphatic carbocycles. The fourth-order valence-corrected chi connectivity index (χ4v) is 7.61. The number of hydrogen-bond donors (Lipinski definition) is 3. The van der Waals surface area contributed by atoms with Crippen LogP contribution < -0.4 is 10.2 Å². The number of nitrogens with zero attached hydrogens (tertiary/aromatic N) is 3. The topological polar surface area (TPSA) is 134 Å². The van der Waals surface area contributed by atoms with E-state index in [1.165, 1.54) is 32.9 Å². The lowest BCUT2D eigenvalue weighted by molar-refractivity contribution is -0.141. The highest BCUT2D eigenvalue weighted by Gasteiger charge is 2.42. The molecule has 4 aromatic rings. The smallest absolute Gasteiger partial charge is 0.317 e. The summed E-state index contributed by atoms with van der Waals surface area (Å²) in [7, 11) is 0. The Balaban J connectivity index is 1.12. The van der Waals surface area contributed by atoms with Crippen molar-refractivity contribution in [2.24, 2.45) is 0 Å². The number of carbonyl (C=O) groups excluding carboxylic acids is 1. The monoisotopic (exact) mass is 708 g/mol. The molecule has 270 valence electrons. The van der Waals surface area contributed by atoms with Gasteiger partial charge in [-0.2, -0.15) is 5.26 Å². The van der Waals surface area contributed by atoms with Gasteiger partial charge in [0.1, 0.15) is 11.6 Å². The van der Waals surface area contributed by atoms with Crippen LogP contribution in [-0.2, 0) is 14.4 Å².